The lowest BCUT2D eigenvalue weighted by atomic mass is 10.2. The third-order valence-electron chi connectivity index (χ3n) is 3.14. The minimum atomic E-state index is -4.49. The highest BCUT2D eigenvalue weighted by Gasteiger charge is 2.34. The van der Waals surface area contributed by atoms with E-state index in [1.165, 1.54) is 17.0 Å². The first-order valence-electron chi connectivity index (χ1n) is 6.58. The average Bonchev–Trinajstić information content (AvgIpc) is 3.26. The highest BCUT2D eigenvalue weighted by atomic mass is 19.4. The summed E-state index contributed by atoms with van der Waals surface area (Å²) in [6.45, 7) is -0.930. The van der Waals surface area contributed by atoms with E-state index in [9.17, 15) is 22.8 Å². The Hall–Kier alpha value is -2.25. The molecule has 0 unspecified atom stereocenters. The molecule has 0 saturated heterocycles. The van der Waals surface area contributed by atoms with E-state index >= 15 is 0 Å². The molecule has 0 aromatic heterocycles. The van der Waals surface area contributed by atoms with Crippen LogP contribution < -0.4 is 4.74 Å². The van der Waals surface area contributed by atoms with Gasteiger partial charge >= 0.3 is 12.1 Å². The van der Waals surface area contributed by atoms with E-state index in [1.807, 2.05) is 0 Å². The standard InChI is InChI=1S/C14H14F3NO4/c15-14(16,17)9-2-1-3-11(6-9)22-8-12(19)18(7-13(20)21)10-4-5-10/h1-3,6,10H,4-5,7-8H2,(H,20,21). The zero-order valence-electron chi connectivity index (χ0n) is 11.5. The summed E-state index contributed by atoms with van der Waals surface area (Å²) in [5.41, 5.74) is -0.873. The molecular weight excluding hydrogens is 303 g/mol. The fraction of sp³-hybridized carbons (Fsp3) is 0.429. The first-order valence-corrected chi connectivity index (χ1v) is 6.58. The first-order chi connectivity index (χ1) is 10.3. The molecule has 1 aromatic rings. The maximum absolute atomic E-state index is 12.6. The quantitative estimate of drug-likeness (QED) is 0.873. The third kappa shape index (κ3) is 4.37. The summed E-state index contributed by atoms with van der Waals surface area (Å²) < 4.78 is 42.7. The summed E-state index contributed by atoms with van der Waals surface area (Å²) in [4.78, 5) is 23.8. The van der Waals surface area contributed by atoms with Gasteiger partial charge in [0.15, 0.2) is 6.61 Å². The molecule has 1 aromatic carbocycles. The maximum atomic E-state index is 12.6. The largest absolute Gasteiger partial charge is 0.484 e. The van der Waals surface area contributed by atoms with Crippen LogP contribution in [0, 0.1) is 0 Å². The number of carbonyl (C=O) groups excluding carboxylic acids is 1. The number of hydrogen-bond acceptors (Lipinski definition) is 3. The fourth-order valence-electron chi connectivity index (χ4n) is 1.94. The van der Waals surface area contributed by atoms with Crippen LogP contribution in [-0.2, 0) is 15.8 Å². The number of carboxylic acid groups (broad SMARTS) is 1. The molecule has 0 aliphatic heterocycles. The van der Waals surface area contributed by atoms with Crippen LogP contribution in [0.15, 0.2) is 24.3 Å². The predicted molar refractivity (Wildman–Crippen MR) is 69.3 cm³/mol. The second kappa shape index (κ2) is 6.25. The number of halogens is 3. The number of nitrogens with zero attached hydrogens (tertiary/aromatic N) is 1. The van der Waals surface area contributed by atoms with Gasteiger partial charge in [-0.3, -0.25) is 9.59 Å². The van der Waals surface area contributed by atoms with Gasteiger partial charge in [0, 0.05) is 6.04 Å². The van der Waals surface area contributed by atoms with Crippen LogP contribution in [0.5, 0.6) is 5.75 Å². The molecule has 8 heteroatoms. The molecule has 5 nitrogen and oxygen atoms in total. The van der Waals surface area contributed by atoms with Crippen molar-refractivity contribution in [1.82, 2.24) is 4.90 Å². The molecule has 0 spiro atoms. The molecule has 0 heterocycles. The van der Waals surface area contributed by atoms with Crippen LogP contribution in [0.3, 0.4) is 0 Å². The van der Waals surface area contributed by atoms with Crippen molar-refractivity contribution in [3.63, 3.8) is 0 Å². The molecule has 1 amide bonds. The van der Waals surface area contributed by atoms with Gasteiger partial charge in [-0.15, -0.1) is 0 Å². The van der Waals surface area contributed by atoms with Gasteiger partial charge in [0.25, 0.3) is 5.91 Å². The van der Waals surface area contributed by atoms with Crippen LogP contribution >= 0.6 is 0 Å². The highest BCUT2D eigenvalue weighted by Crippen LogP contribution is 2.31. The van der Waals surface area contributed by atoms with Crippen LogP contribution in [-0.4, -0.2) is 41.1 Å². The molecule has 0 bridgehead atoms. The van der Waals surface area contributed by atoms with Crippen molar-refractivity contribution in [2.75, 3.05) is 13.2 Å². The molecular formula is C14H14F3NO4. The summed E-state index contributed by atoms with van der Waals surface area (Å²) >= 11 is 0. The van der Waals surface area contributed by atoms with Gasteiger partial charge in [-0.2, -0.15) is 13.2 Å². The Morgan fingerprint density at radius 2 is 2.00 bits per heavy atom. The lowest BCUT2D eigenvalue weighted by Gasteiger charge is -2.20. The van der Waals surface area contributed by atoms with Gasteiger partial charge in [-0.05, 0) is 31.0 Å². The van der Waals surface area contributed by atoms with Crippen LogP contribution in [0.25, 0.3) is 0 Å². The Morgan fingerprint density at radius 1 is 1.32 bits per heavy atom. The van der Waals surface area contributed by atoms with Gasteiger partial charge in [0.2, 0.25) is 0 Å². The monoisotopic (exact) mass is 317 g/mol. The number of amides is 1. The molecule has 1 saturated carbocycles. The Labute approximate surface area is 124 Å². The summed E-state index contributed by atoms with van der Waals surface area (Å²) in [5, 5.41) is 8.76. The second-order valence-corrected chi connectivity index (χ2v) is 4.96. The zero-order valence-corrected chi connectivity index (χ0v) is 11.5. The van der Waals surface area contributed by atoms with E-state index in [4.69, 9.17) is 9.84 Å². The molecule has 22 heavy (non-hydrogen) atoms. The number of aliphatic carboxylic acids is 1. The van der Waals surface area contributed by atoms with E-state index in [2.05, 4.69) is 0 Å². The lowest BCUT2D eigenvalue weighted by Crippen LogP contribution is -2.40. The first kappa shape index (κ1) is 16.1. The van der Waals surface area contributed by atoms with Crippen molar-refractivity contribution in [3.05, 3.63) is 29.8 Å². The fourth-order valence-corrected chi connectivity index (χ4v) is 1.94. The topological polar surface area (TPSA) is 66.8 Å². The molecule has 0 radical (unpaired) electrons. The maximum Gasteiger partial charge on any atom is 0.416 e. The number of hydrogen-bond donors (Lipinski definition) is 1. The minimum Gasteiger partial charge on any atom is -0.484 e. The van der Waals surface area contributed by atoms with Gasteiger partial charge in [0.05, 0.1) is 5.56 Å². The Balaban J connectivity index is 1.97. The average molecular weight is 317 g/mol. The lowest BCUT2D eigenvalue weighted by molar-refractivity contribution is -0.145. The summed E-state index contributed by atoms with van der Waals surface area (Å²) in [7, 11) is 0. The molecule has 2 rings (SSSR count). The molecule has 1 fully saturated rings. The normalized spacial score (nSPS) is 14.5. The summed E-state index contributed by atoms with van der Waals surface area (Å²) in [6.07, 6.45) is -3.04. The van der Waals surface area contributed by atoms with Crippen molar-refractivity contribution in [2.24, 2.45) is 0 Å². The number of rotatable bonds is 6. The number of ether oxygens (including phenoxy) is 1. The van der Waals surface area contributed by atoms with Crippen molar-refractivity contribution in [2.45, 2.75) is 25.1 Å². The minimum absolute atomic E-state index is 0.0887. The SMILES string of the molecule is O=C(O)CN(C(=O)COc1cccc(C(F)(F)F)c1)C1CC1. The van der Waals surface area contributed by atoms with E-state index in [-0.39, 0.29) is 11.8 Å². The summed E-state index contributed by atoms with van der Waals surface area (Å²) in [5.74, 6) is -1.78. The smallest absolute Gasteiger partial charge is 0.416 e. The molecule has 1 aliphatic carbocycles. The Morgan fingerprint density at radius 3 is 2.55 bits per heavy atom. The van der Waals surface area contributed by atoms with Gasteiger partial charge < -0.3 is 14.7 Å². The molecule has 0 atom stereocenters. The highest BCUT2D eigenvalue weighted by molar-refractivity contribution is 5.83. The van der Waals surface area contributed by atoms with Crippen LogP contribution in [0.2, 0.25) is 0 Å². The molecule has 1 N–H and O–H groups in total. The van der Waals surface area contributed by atoms with Crippen LogP contribution in [0.4, 0.5) is 13.2 Å². The van der Waals surface area contributed by atoms with Crippen molar-refractivity contribution in [1.29, 1.82) is 0 Å². The van der Waals surface area contributed by atoms with Gasteiger partial charge in [-0.25, -0.2) is 0 Å². The van der Waals surface area contributed by atoms with E-state index in [1.54, 1.807) is 0 Å². The van der Waals surface area contributed by atoms with Gasteiger partial charge in [-0.1, -0.05) is 6.07 Å². The third-order valence-corrected chi connectivity index (χ3v) is 3.14. The van der Waals surface area contributed by atoms with E-state index < -0.39 is 36.8 Å². The number of benzene rings is 1. The van der Waals surface area contributed by atoms with Crippen LogP contribution in [0.1, 0.15) is 18.4 Å². The number of carbonyl (C=O) groups is 2. The van der Waals surface area contributed by atoms with Gasteiger partial charge in [0.1, 0.15) is 12.3 Å². The number of alkyl halides is 3. The zero-order chi connectivity index (χ0) is 16.3. The van der Waals surface area contributed by atoms with Crippen molar-refractivity contribution in [3.8, 4) is 5.75 Å². The predicted octanol–water partition coefficient (Wildman–Crippen LogP) is 2.16. The second-order valence-electron chi connectivity index (χ2n) is 4.96. The molecule has 120 valence electrons. The van der Waals surface area contributed by atoms with E-state index in [0.717, 1.165) is 25.0 Å². The number of carboxylic acids is 1. The van der Waals surface area contributed by atoms with Crippen molar-refractivity contribution >= 4 is 11.9 Å². The summed E-state index contributed by atoms with van der Waals surface area (Å²) in [6, 6.07) is 4.06. The van der Waals surface area contributed by atoms with E-state index in [0.29, 0.717) is 0 Å². The van der Waals surface area contributed by atoms with Crippen molar-refractivity contribution < 1.29 is 32.6 Å². The molecule has 1 aliphatic rings. The Bertz CT molecular complexity index is 569. The Kier molecular flexibility index (Phi) is 4.58.